The summed E-state index contributed by atoms with van der Waals surface area (Å²) >= 11 is 0. The van der Waals surface area contributed by atoms with E-state index >= 15 is 0 Å². The van der Waals surface area contributed by atoms with Gasteiger partial charge in [-0.15, -0.1) is 0 Å². The topological polar surface area (TPSA) is 17.1 Å². The second-order valence-electron chi connectivity index (χ2n) is 7.09. The zero-order chi connectivity index (χ0) is 12.1. The molecule has 0 spiro atoms. The van der Waals surface area contributed by atoms with Gasteiger partial charge in [0.15, 0.2) is 0 Å². The van der Waals surface area contributed by atoms with Gasteiger partial charge in [0, 0.05) is 22.1 Å². The summed E-state index contributed by atoms with van der Waals surface area (Å²) < 4.78 is 0. The Kier molecular flexibility index (Phi) is 6.03. The van der Waals surface area contributed by atoms with Crippen molar-refractivity contribution in [2.45, 2.75) is 64.2 Å². The van der Waals surface area contributed by atoms with Crippen LogP contribution >= 0.6 is 0 Å². The van der Waals surface area contributed by atoms with E-state index in [-0.39, 0.29) is 0 Å². The molecule has 1 nitrogen and oxygen atoms in total. The Balaban J connectivity index is 3.89. The minimum atomic E-state index is -0.959. The van der Waals surface area contributed by atoms with Crippen LogP contribution in [-0.2, 0) is 4.79 Å². The summed E-state index contributed by atoms with van der Waals surface area (Å²) in [6, 6.07) is 2.59. The van der Waals surface area contributed by atoms with Crippen LogP contribution in [0.4, 0.5) is 0 Å². The fourth-order valence-electron chi connectivity index (χ4n) is 1.52. The predicted molar refractivity (Wildman–Crippen MR) is 75.1 cm³/mol. The first-order valence-corrected chi connectivity index (χ1v) is 13.5. The number of aldehydes is 1. The van der Waals surface area contributed by atoms with E-state index in [4.69, 9.17) is 0 Å². The zero-order valence-electron chi connectivity index (χ0n) is 11.4. The van der Waals surface area contributed by atoms with Crippen LogP contribution in [0.1, 0.15) is 12.8 Å². The Morgan fingerprint density at radius 3 is 1.40 bits per heavy atom. The second-order valence-corrected chi connectivity index (χ2v) is 18.3. The summed E-state index contributed by atoms with van der Waals surface area (Å²) in [5.74, 6) is 0.337. The molecule has 0 aromatic heterocycles. The minimum absolute atomic E-state index is 0.337. The van der Waals surface area contributed by atoms with Crippen molar-refractivity contribution in [3.63, 3.8) is 0 Å². The van der Waals surface area contributed by atoms with Gasteiger partial charge in [0.05, 0.1) is 0 Å². The van der Waals surface area contributed by atoms with Gasteiger partial charge < -0.3 is 4.79 Å². The minimum Gasteiger partial charge on any atom is -0.303 e. The first-order valence-electron chi connectivity index (χ1n) is 6.09. The normalized spacial score (nSPS) is 13.3. The Morgan fingerprint density at radius 1 is 0.867 bits per heavy atom. The third-order valence-corrected chi connectivity index (χ3v) is 6.30. The summed E-state index contributed by atoms with van der Waals surface area (Å²) in [6.07, 6.45) is 3.45. The molecule has 0 fully saturated rings. The van der Waals surface area contributed by atoms with E-state index in [9.17, 15) is 4.79 Å². The zero-order valence-corrected chi connectivity index (χ0v) is 13.4. The average Bonchev–Trinajstić information content (AvgIpc) is 2.00. The van der Waals surface area contributed by atoms with E-state index in [2.05, 4.69) is 39.3 Å². The van der Waals surface area contributed by atoms with Gasteiger partial charge in [-0.3, -0.25) is 0 Å². The van der Waals surface area contributed by atoms with Crippen molar-refractivity contribution in [2.75, 3.05) is 0 Å². The molecule has 0 unspecified atom stereocenters. The van der Waals surface area contributed by atoms with Gasteiger partial charge in [-0.25, -0.2) is 0 Å². The third kappa shape index (κ3) is 10.4. The monoisotopic (exact) mass is 244 g/mol. The lowest BCUT2D eigenvalue weighted by molar-refractivity contribution is -0.111. The molecule has 0 aliphatic heterocycles. The van der Waals surface area contributed by atoms with Crippen LogP contribution in [0.25, 0.3) is 0 Å². The lowest BCUT2D eigenvalue weighted by atomic mass is 10.1. The molecule has 0 aliphatic rings. The van der Waals surface area contributed by atoms with Gasteiger partial charge in [-0.1, -0.05) is 51.4 Å². The number of rotatable bonds is 7. The van der Waals surface area contributed by atoms with E-state index in [0.717, 1.165) is 12.8 Å². The van der Waals surface area contributed by atoms with E-state index in [1.165, 1.54) is 18.4 Å². The molecule has 0 aromatic carbocycles. The maximum absolute atomic E-state index is 11.0. The molecule has 0 rings (SSSR count). The molecule has 0 aromatic rings. The van der Waals surface area contributed by atoms with Crippen molar-refractivity contribution >= 4 is 22.4 Å². The summed E-state index contributed by atoms with van der Waals surface area (Å²) in [7, 11) is -1.92. The maximum Gasteiger partial charge on any atom is 0.123 e. The highest BCUT2D eigenvalue weighted by atomic mass is 28.3. The van der Waals surface area contributed by atoms with Crippen LogP contribution < -0.4 is 0 Å². The van der Waals surface area contributed by atoms with Gasteiger partial charge in [0.1, 0.15) is 6.29 Å². The van der Waals surface area contributed by atoms with Crippen molar-refractivity contribution in [3.8, 4) is 0 Å². The molecule has 0 radical (unpaired) electrons. The fourth-order valence-corrected chi connectivity index (χ4v) is 3.99. The molecule has 0 heterocycles. The molecular formula is C12H28OSi2. The highest BCUT2D eigenvalue weighted by Gasteiger charge is 2.19. The summed E-state index contributed by atoms with van der Waals surface area (Å²) in [6.45, 7) is 14.3. The predicted octanol–water partition coefficient (Wildman–Crippen LogP) is 4.26. The maximum atomic E-state index is 11.0. The molecule has 0 N–H and O–H groups in total. The summed E-state index contributed by atoms with van der Waals surface area (Å²) in [5, 5.41) is 0. The van der Waals surface area contributed by atoms with E-state index in [1.54, 1.807) is 0 Å². The van der Waals surface area contributed by atoms with Crippen LogP contribution in [0.15, 0.2) is 0 Å². The Hall–Kier alpha value is 0.104. The van der Waals surface area contributed by atoms with Crippen LogP contribution in [0.5, 0.6) is 0 Å². The second kappa shape index (κ2) is 5.99. The Bertz CT molecular complexity index is 171. The van der Waals surface area contributed by atoms with Gasteiger partial charge in [-0.2, -0.15) is 0 Å². The molecule has 0 saturated heterocycles. The smallest absolute Gasteiger partial charge is 0.123 e. The molecule has 15 heavy (non-hydrogen) atoms. The first kappa shape index (κ1) is 15.1. The third-order valence-electron chi connectivity index (χ3n) is 2.72. The van der Waals surface area contributed by atoms with Crippen LogP contribution in [0.2, 0.25) is 51.4 Å². The molecule has 0 bridgehead atoms. The van der Waals surface area contributed by atoms with Crippen molar-refractivity contribution in [1.82, 2.24) is 0 Å². The lowest BCUT2D eigenvalue weighted by Crippen LogP contribution is -2.23. The van der Waals surface area contributed by atoms with Crippen LogP contribution in [0, 0.1) is 5.92 Å². The van der Waals surface area contributed by atoms with Crippen LogP contribution in [-0.4, -0.2) is 22.4 Å². The highest BCUT2D eigenvalue weighted by molar-refractivity contribution is 6.76. The van der Waals surface area contributed by atoms with Crippen molar-refractivity contribution in [1.29, 1.82) is 0 Å². The van der Waals surface area contributed by atoms with Crippen molar-refractivity contribution in [3.05, 3.63) is 0 Å². The van der Waals surface area contributed by atoms with Gasteiger partial charge in [0.2, 0.25) is 0 Å². The number of carbonyl (C=O) groups excluding carboxylic acids is 1. The van der Waals surface area contributed by atoms with Crippen LogP contribution in [0.3, 0.4) is 0 Å². The fraction of sp³-hybridized carbons (Fsp3) is 0.917. The standard InChI is InChI=1S/C12H28OSi2/c1-14(2,3)9-7-12(11-13)8-10-15(4,5)6/h11-12H,7-10H2,1-6H3. The highest BCUT2D eigenvalue weighted by Crippen LogP contribution is 2.22. The lowest BCUT2D eigenvalue weighted by Gasteiger charge is -2.21. The van der Waals surface area contributed by atoms with E-state index in [0.29, 0.717) is 5.92 Å². The molecule has 0 saturated carbocycles. The molecule has 0 amide bonds. The molecule has 90 valence electrons. The van der Waals surface area contributed by atoms with E-state index < -0.39 is 16.1 Å². The molecular weight excluding hydrogens is 216 g/mol. The molecule has 0 aliphatic carbocycles. The van der Waals surface area contributed by atoms with Gasteiger partial charge in [0.25, 0.3) is 0 Å². The Morgan fingerprint density at radius 2 is 1.20 bits per heavy atom. The average molecular weight is 245 g/mol. The SMILES string of the molecule is C[Si](C)(C)CCC(C=O)CC[Si](C)(C)C. The van der Waals surface area contributed by atoms with Gasteiger partial charge >= 0.3 is 0 Å². The molecule has 3 heteroatoms. The Labute approximate surface area is 97.7 Å². The summed E-state index contributed by atoms with van der Waals surface area (Å²) in [5.41, 5.74) is 0. The number of hydrogen-bond donors (Lipinski definition) is 0. The van der Waals surface area contributed by atoms with Crippen molar-refractivity contribution in [2.24, 2.45) is 5.92 Å². The van der Waals surface area contributed by atoms with Gasteiger partial charge in [-0.05, 0) is 12.8 Å². The number of hydrogen-bond acceptors (Lipinski definition) is 1. The number of carbonyl (C=O) groups is 1. The first-order chi connectivity index (χ1) is 6.64. The summed E-state index contributed by atoms with van der Waals surface area (Å²) in [4.78, 5) is 11.0. The molecule has 0 atom stereocenters. The largest absolute Gasteiger partial charge is 0.303 e. The van der Waals surface area contributed by atoms with Crippen molar-refractivity contribution < 1.29 is 4.79 Å². The quantitative estimate of drug-likeness (QED) is 0.483. The van der Waals surface area contributed by atoms with E-state index in [1.807, 2.05) is 0 Å².